The van der Waals surface area contributed by atoms with E-state index in [1.165, 1.54) is 23.3 Å². The van der Waals surface area contributed by atoms with E-state index in [0.29, 0.717) is 0 Å². The lowest BCUT2D eigenvalue weighted by molar-refractivity contribution is 0.0751. The van der Waals surface area contributed by atoms with Crippen LogP contribution in [0.15, 0.2) is 24.5 Å². The molecule has 1 saturated heterocycles. The van der Waals surface area contributed by atoms with E-state index in [-0.39, 0.29) is 5.91 Å². The summed E-state index contributed by atoms with van der Waals surface area (Å²) in [7, 11) is 0. The first-order valence-electron chi connectivity index (χ1n) is 9.17. The average Bonchev–Trinajstić information content (AvgIpc) is 3.11. The molecule has 4 rings (SSSR count). The van der Waals surface area contributed by atoms with Gasteiger partial charge in [0.05, 0.1) is 4.88 Å². The lowest BCUT2D eigenvalue weighted by Crippen LogP contribution is -2.49. The second kappa shape index (κ2) is 7.12. The quantitative estimate of drug-likeness (QED) is 0.848. The van der Waals surface area contributed by atoms with E-state index in [2.05, 4.69) is 27.9 Å². The van der Waals surface area contributed by atoms with Crippen molar-refractivity contribution in [3.8, 4) is 0 Å². The average molecular weight is 356 g/mol. The molecule has 2 aromatic heterocycles. The van der Waals surface area contributed by atoms with Crippen LogP contribution in [-0.2, 0) is 12.8 Å². The summed E-state index contributed by atoms with van der Waals surface area (Å²) in [6.07, 6.45) is 8.33. The standard InChI is InChI=1S/C19H24N4OS/c1-2-14-4-5-16-15(12-14)13-17(25-16)18(24)22-8-10-23(11-9-22)19-20-6-3-7-21-19/h3,6-7,13-14H,2,4-5,8-12H2,1H3/t14-/m1/s1. The Labute approximate surface area is 152 Å². The summed E-state index contributed by atoms with van der Waals surface area (Å²) in [4.78, 5) is 28.0. The molecule has 0 saturated carbocycles. The minimum Gasteiger partial charge on any atom is -0.337 e. The first kappa shape index (κ1) is 16.5. The summed E-state index contributed by atoms with van der Waals surface area (Å²) in [5.74, 6) is 1.74. The van der Waals surface area contributed by atoms with Gasteiger partial charge in [-0.2, -0.15) is 0 Å². The number of nitrogens with zero attached hydrogens (tertiary/aromatic N) is 4. The van der Waals surface area contributed by atoms with Crippen molar-refractivity contribution >= 4 is 23.2 Å². The van der Waals surface area contributed by atoms with Gasteiger partial charge in [0.2, 0.25) is 5.95 Å². The lowest BCUT2D eigenvalue weighted by atomic mass is 9.87. The fraction of sp³-hybridized carbons (Fsp3) is 0.526. The minimum absolute atomic E-state index is 0.195. The van der Waals surface area contributed by atoms with Crippen molar-refractivity contribution < 1.29 is 4.79 Å². The first-order chi connectivity index (χ1) is 12.2. The number of aromatic nitrogens is 2. The zero-order chi connectivity index (χ0) is 17.2. The number of anilines is 1. The number of aryl methyl sites for hydroxylation is 1. The molecule has 0 radical (unpaired) electrons. The van der Waals surface area contributed by atoms with Crippen molar-refractivity contribution in [2.45, 2.75) is 32.6 Å². The van der Waals surface area contributed by atoms with Crippen LogP contribution in [0.1, 0.15) is 39.9 Å². The fourth-order valence-corrected chi connectivity index (χ4v) is 4.95. The molecule has 2 aliphatic rings. The SMILES string of the molecule is CC[C@@H]1CCc2sc(C(=O)N3CCN(c4ncccn4)CC3)cc2C1. The molecule has 25 heavy (non-hydrogen) atoms. The third-order valence-electron chi connectivity index (χ3n) is 5.37. The second-order valence-corrected chi connectivity index (χ2v) is 8.04. The van der Waals surface area contributed by atoms with E-state index in [4.69, 9.17) is 0 Å². The van der Waals surface area contributed by atoms with Gasteiger partial charge in [0, 0.05) is 43.4 Å². The third kappa shape index (κ3) is 3.40. The van der Waals surface area contributed by atoms with E-state index in [1.54, 1.807) is 23.7 Å². The minimum atomic E-state index is 0.195. The Hall–Kier alpha value is -1.95. The number of piperazine rings is 1. The summed E-state index contributed by atoms with van der Waals surface area (Å²) in [6.45, 7) is 5.32. The number of amides is 1. The fourth-order valence-electron chi connectivity index (χ4n) is 3.77. The predicted octanol–water partition coefficient (Wildman–Crippen LogP) is 3.02. The van der Waals surface area contributed by atoms with Gasteiger partial charge < -0.3 is 9.80 Å². The van der Waals surface area contributed by atoms with Crippen LogP contribution in [0.3, 0.4) is 0 Å². The highest BCUT2D eigenvalue weighted by Gasteiger charge is 2.27. The Bertz CT molecular complexity index is 737. The van der Waals surface area contributed by atoms with E-state index < -0.39 is 0 Å². The van der Waals surface area contributed by atoms with Gasteiger partial charge in [-0.1, -0.05) is 13.3 Å². The third-order valence-corrected chi connectivity index (χ3v) is 6.60. The van der Waals surface area contributed by atoms with Crippen molar-refractivity contribution in [3.63, 3.8) is 0 Å². The Morgan fingerprint density at radius 2 is 2.00 bits per heavy atom. The molecule has 0 bridgehead atoms. The number of thiophene rings is 1. The molecule has 132 valence electrons. The van der Waals surface area contributed by atoms with Crippen molar-refractivity contribution in [2.75, 3.05) is 31.1 Å². The molecule has 2 aromatic rings. The molecule has 1 atom stereocenters. The smallest absolute Gasteiger partial charge is 0.264 e. The highest BCUT2D eigenvalue weighted by atomic mass is 32.1. The van der Waals surface area contributed by atoms with Crippen LogP contribution in [0.2, 0.25) is 0 Å². The number of fused-ring (bicyclic) bond motifs is 1. The van der Waals surface area contributed by atoms with E-state index in [1.807, 2.05) is 11.0 Å². The number of hydrogen-bond donors (Lipinski definition) is 0. The summed E-state index contributed by atoms with van der Waals surface area (Å²) >= 11 is 1.72. The van der Waals surface area contributed by atoms with Gasteiger partial charge in [-0.25, -0.2) is 9.97 Å². The molecule has 0 spiro atoms. The Morgan fingerprint density at radius 3 is 2.72 bits per heavy atom. The molecule has 0 N–H and O–H groups in total. The summed E-state index contributed by atoms with van der Waals surface area (Å²) in [6, 6.07) is 3.99. The Kier molecular flexibility index (Phi) is 4.70. The van der Waals surface area contributed by atoms with E-state index >= 15 is 0 Å². The van der Waals surface area contributed by atoms with Crippen LogP contribution in [-0.4, -0.2) is 47.0 Å². The monoisotopic (exact) mass is 356 g/mol. The molecule has 1 fully saturated rings. The zero-order valence-electron chi connectivity index (χ0n) is 14.6. The van der Waals surface area contributed by atoms with Gasteiger partial charge in [-0.3, -0.25) is 4.79 Å². The van der Waals surface area contributed by atoms with Crippen LogP contribution in [0.5, 0.6) is 0 Å². The number of rotatable bonds is 3. The summed E-state index contributed by atoms with van der Waals surface area (Å²) < 4.78 is 0. The maximum absolute atomic E-state index is 12.9. The Balaban J connectivity index is 1.40. The maximum Gasteiger partial charge on any atom is 0.264 e. The maximum atomic E-state index is 12.9. The summed E-state index contributed by atoms with van der Waals surface area (Å²) in [5, 5.41) is 0. The number of hydrogen-bond acceptors (Lipinski definition) is 5. The first-order valence-corrected chi connectivity index (χ1v) is 9.99. The van der Waals surface area contributed by atoms with Crippen molar-refractivity contribution in [1.29, 1.82) is 0 Å². The van der Waals surface area contributed by atoms with Gasteiger partial charge in [-0.15, -0.1) is 11.3 Å². The molecule has 0 unspecified atom stereocenters. The summed E-state index contributed by atoms with van der Waals surface area (Å²) in [5.41, 5.74) is 1.42. The molecule has 3 heterocycles. The molecule has 6 heteroatoms. The molecular weight excluding hydrogens is 332 g/mol. The van der Waals surface area contributed by atoms with Gasteiger partial charge >= 0.3 is 0 Å². The van der Waals surface area contributed by atoms with Gasteiger partial charge in [0.1, 0.15) is 0 Å². The molecule has 0 aromatic carbocycles. The van der Waals surface area contributed by atoms with Gasteiger partial charge in [0.15, 0.2) is 0 Å². The van der Waals surface area contributed by atoms with Crippen LogP contribution in [0.4, 0.5) is 5.95 Å². The van der Waals surface area contributed by atoms with Crippen LogP contribution in [0, 0.1) is 5.92 Å². The topological polar surface area (TPSA) is 49.3 Å². The highest BCUT2D eigenvalue weighted by Crippen LogP contribution is 2.34. The highest BCUT2D eigenvalue weighted by molar-refractivity contribution is 7.14. The molecule has 1 aliphatic carbocycles. The van der Waals surface area contributed by atoms with Gasteiger partial charge in [-0.05, 0) is 42.9 Å². The normalized spacial score (nSPS) is 20.4. The largest absolute Gasteiger partial charge is 0.337 e. The van der Waals surface area contributed by atoms with Crippen molar-refractivity contribution in [1.82, 2.24) is 14.9 Å². The Morgan fingerprint density at radius 1 is 1.24 bits per heavy atom. The van der Waals surface area contributed by atoms with Crippen LogP contribution >= 0.6 is 11.3 Å². The molecule has 1 amide bonds. The van der Waals surface area contributed by atoms with Gasteiger partial charge in [0.25, 0.3) is 5.91 Å². The van der Waals surface area contributed by atoms with Crippen LogP contribution in [0.25, 0.3) is 0 Å². The molecular formula is C19H24N4OS. The van der Waals surface area contributed by atoms with E-state index in [0.717, 1.165) is 55.8 Å². The van der Waals surface area contributed by atoms with E-state index in [9.17, 15) is 4.79 Å². The van der Waals surface area contributed by atoms with Crippen molar-refractivity contribution in [2.24, 2.45) is 5.92 Å². The molecule has 5 nitrogen and oxygen atoms in total. The number of carbonyl (C=O) groups excluding carboxylic acids is 1. The second-order valence-electron chi connectivity index (χ2n) is 6.90. The number of carbonyl (C=O) groups is 1. The van der Waals surface area contributed by atoms with Crippen molar-refractivity contribution in [3.05, 3.63) is 39.8 Å². The predicted molar refractivity (Wildman–Crippen MR) is 100 cm³/mol. The van der Waals surface area contributed by atoms with Crippen LogP contribution < -0.4 is 4.90 Å². The molecule has 1 aliphatic heterocycles. The lowest BCUT2D eigenvalue weighted by Gasteiger charge is -2.34. The zero-order valence-corrected chi connectivity index (χ0v) is 15.5.